The first-order valence-electron chi connectivity index (χ1n) is 10.1. The van der Waals surface area contributed by atoms with E-state index < -0.39 is 11.5 Å². The summed E-state index contributed by atoms with van der Waals surface area (Å²) in [6, 6.07) is 5.32. The van der Waals surface area contributed by atoms with Gasteiger partial charge in [-0.15, -0.1) is 5.10 Å². The lowest BCUT2D eigenvalue weighted by molar-refractivity contribution is 0.0948. The van der Waals surface area contributed by atoms with Crippen molar-refractivity contribution in [2.45, 2.75) is 26.3 Å². The van der Waals surface area contributed by atoms with Crippen LogP contribution in [0.2, 0.25) is 0 Å². The third-order valence-electron chi connectivity index (χ3n) is 5.38. The zero-order chi connectivity index (χ0) is 22.0. The van der Waals surface area contributed by atoms with Crippen LogP contribution < -0.4 is 25.2 Å². The van der Waals surface area contributed by atoms with E-state index in [-0.39, 0.29) is 12.1 Å². The van der Waals surface area contributed by atoms with Crippen molar-refractivity contribution >= 4 is 27.3 Å². The Morgan fingerprint density at radius 1 is 1.32 bits per heavy atom. The first-order chi connectivity index (χ1) is 15.0. The Bertz CT molecular complexity index is 1160. The van der Waals surface area contributed by atoms with Crippen LogP contribution in [0.4, 0.5) is 5.13 Å². The van der Waals surface area contributed by atoms with Crippen LogP contribution in [0.3, 0.4) is 0 Å². The number of rotatable bonds is 6. The van der Waals surface area contributed by atoms with Gasteiger partial charge in [0, 0.05) is 31.4 Å². The van der Waals surface area contributed by atoms with Gasteiger partial charge in [-0.3, -0.25) is 9.59 Å². The van der Waals surface area contributed by atoms with Gasteiger partial charge >= 0.3 is 0 Å². The molecule has 9 nitrogen and oxygen atoms in total. The molecule has 4 rings (SSSR count). The molecule has 1 fully saturated rings. The summed E-state index contributed by atoms with van der Waals surface area (Å²) in [7, 11) is 3.12. The predicted octanol–water partition coefficient (Wildman–Crippen LogP) is 2.33. The molecule has 164 valence electrons. The highest BCUT2D eigenvalue weighted by Crippen LogP contribution is 2.26. The maximum absolute atomic E-state index is 12.9. The normalized spacial score (nSPS) is 16.4. The second-order valence-corrected chi connectivity index (χ2v) is 8.54. The Morgan fingerprint density at radius 2 is 2.16 bits per heavy atom. The van der Waals surface area contributed by atoms with E-state index in [4.69, 9.17) is 9.47 Å². The number of piperidine rings is 1. The highest BCUT2D eigenvalue weighted by molar-refractivity contribution is 7.20. The van der Waals surface area contributed by atoms with Crippen molar-refractivity contribution in [3.8, 4) is 11.5 Å². The number of anilines is 1. The van der Waals surface area contributed by atoms with Gasteiger partial charge in [-0.1, -0.05) is 18.3 Å². The van der Waals surface area contributed by atoms with Crippen molar-refractivity contribution in [3.63, 3.8) is 0 Å². The number of methoxy groups -OCH3 is 2. The SMILES string of the molecule is COc1ccc(OC)c(CNC(=O)c2cnc3sc(N4CCCC(C)C4)nn3c2=O)c1. The summed E-state index contributed by atoms with van der Waals surface area (Å²) in [6.45, 7) is 4.21. The molecule has 10 heteroatoms. The molecule has 1 saturated heterocycles. The molecule has 2 aromatic heterocycles. The van der Waals surface area contributed by atoms with Gasteiger partial charge in [0.1, 0.15) is 17.1 Å². The molecule has 3 heterocycles. The van der Waals surface area contributed by atoms with Crippen LogP contribution in [0, 0.1) is 5.92 Å². The summed E-state index contributed by atoms with van der Waals surface area (Å²) in [5, 5.41) is 7.97. The molecule has 1 amide bonds. The fourth-order valence-corrected chi connectivity index (χ4v) is 4.61. The quantitative estimate of drug-likeness (QED) is 0.624. The third kappa shape index (κ3) is 4.34. The molecule has 1 N–H and O–H groups in total. The molecule has 0 bridgehead atoms. The number of hydrogen-bond donors (Lipinski definition) is 1. The summed E-state index contributed by atoms with van der Waals surface area (Å²) < 4.78 is 11.8. The maximum atomic E-state index is 12.9. The average Bonchev–Trinajstić information content (AvgIpc) is 3.23. The van der Waals surface area contributed by atoms with Crippen LogP contribution in [0.1, 0.15) is 35.7 Å². The summed E-state index contributed by atoms with van der Waals surface area (Å²) in [5.41, 5.74) is 0.204. The number of fused-ring (bicyclic) bond motifs is 1. The number of carbonyl (C=O) groups is 1. The molecule has 0 radical (unpaired) electrons. The molecule has 31 heavy (non-hydrogen) atoms. The van der Waals surface area contributed by atoms with E-state index in [2.05, 4.69) is 27.2 Å². The Balaban J connectivity index is 1.55. The molecule has 0 aliphatic carbocycles. The fraction of sp³-hybridized carbons (Fsp3) is 0.429. The van der Waals surface area contributed by atoms with Crippen LogP contribution >= 0.6 is 11.3 Å². The predicted molar refractivity (Wildman–Crippen MR) is 118 cm³/mol. The smallest absolute Gasteiger partial charge is 0.288 e. The lowest BCUT2D eigenvalue weighted by atomic mass is 10.0. The number of benzene rings is 1. The number of ether oxygens (including phenoxy) is 2. The van der Waals surface area contributed by atoms with Gasteiger partial charge in [-0.2, -0.15) is 4.52 Å². The second kappa shape index (κ2) is 8.93. The molecule has 0 saturated carbocycles. The zero-order valence-electron chi connectivity index (χ0n) is 17.8. The van der Waals surface area contributed by atoms with Gasteiger partial charge in [-0.25, -0.2) is 4.98 Å². The van der Waals surface area contributed by atoms with Crippen LogP contribution in [-0.4, -0.2) is 47.8 Å². The summed E-state index contributed by atoms with van der Waals surface area (Å²) >= 11 is 1.36. The number of amides is 1. The average molecular weight is 444 g/mol. The maximum Gasteiger partial charge on any atom is 0.288 e. The van der Waals surface area contributed by atoms with Crippen molar-refractivity contribution in [2.24, 2.45) is 5.92 Å². The first kappa shape index (κ1) is 21.1. The molecule has 1 aliphatic rings. The monoisotopic (exact) mass is 443 g/mol. The molecule has 1 unspecified atom stereocenters. The minimum Gasteiger partial charge on any atom is -0.497 e. The lowest BCUT2D eigenvalue weighted by Gasteiger charge is -2.30. The Morgan fingerprint density at radius 3 is 2.90 bits per heavy atom. The van der Waals surface area contributed by atoms with Gasteiger partial charge in [-0.05, 0) is 37.0 Å². The first-order valence-corrected chi connectivity index (χ1v) is 10.9. The van der Waals surface area contributed by atoms with E-state index in [1.807, 2.05) is 0 Å². The number of hydrogen-bond acceptors (Lipinski definition) is 8. The second-order valence-electron chi connectivity index (χ2n) is 7.61. The van der Waals surface area contributed by atoms with Crippen molar-refractivity contribution in [2.75, 3.05) is 32.2 Å². The Labute approximate surface area is 183 Å². The summed E-state index contributed by atoms with van der Waals surface area (Å²) in [4.78, 5) is 32.6. The minimum atomic E-state index is -0.516. The number of aromatic nitrogens is 3. The van der Waals surface area contributed by atoms with Crippen LogP contribution in [-0.2, 0) is 6.54 Å². The molecule has 1 aromatic carbocycles. The number of carbonyl (C=O) groups excluding carboxylic acids is 1. The topological polar surface area (TPSA) is 98.1 Å². The molecular formula is C21H25N5O4S. The van der Waals surface area contributed by atoms with Crippen LogP contribution in [0.5, 0.6) is 11.5 Å². The van der Waals surface area contributed by atoms with E-state index in [0.29, 0.717) is 22.4 Å². The van der Waals surface area contributed by atoms with E-state index in [0.717, 1.165) is 30.2 Å². The Hall–Kier alpha value is -3.14. The number of nitrogens with one attached hydrogen (secondary N) is 1. The van der Waals surface area contributed by atoms with E-state index in [1.165, 1.54) is 28.5 Å². The Kier molecular flexibility index (Phi) is 6.08. The summed E-state index contributed by atoms with van der Waals surface area (Å²) in [5.74, 6) is 1.33. The van der Waals surface area contributed by atoms with Gasteiger partial charge in [0.15, 0.2) is 0 Å². The van der Waals surface area contributed by atoms with Gasteiger partial charge in [0.25, 0.3) is 11.5 Å². The van der Waals surface area contributed by atoms with Crippen molar-refractivity contribution in [3.05, 3.63) is 45.9 Å². The molecule has 1 atom stereocenters. The minimum absolute atomic E-state index is 0.0526. The lowest BCUT2D eigenvalue weighted by Crippen LogP contribution is -2.34. The molecular weight excluding hydrogens is 418 g/mol. The molecule has 1 aliphatic heterocycles. The fourth-order valence-electron chi connectivity index (χ4n) is 3.71. The van der Waals surface area contributed by atoms with Gasteiger partial charge in [0.2, 0.25) is 10.1 Å². The number of nitrogens with zero attached hydrogens (tertiary/aromatic N) is 4. The van der Waals surface area contributed by atoms with E-state index in [9.17, 15) is 9.59 Å². The van der Waals surface area contributed by atoms with Crippen LogP contribution in [0.25, 0.3) is 4.96 Å². The van der Waals surface area contributed by atoms with Gasteiger partial charge in [0.05, 0.1) is 14.2 Å². The standard InChI is InChI=1S/C21H25N5O4S/c1-13-5-4-8-25(12-13)21-24-26-19(28)16(11-23-20(26)31-21)18(27)22-10-14-9-15(29-2)6-7-17(14)30-3/h6-7,9,11,13H,4-5,8,10,12H2,1-3H3,(H,22,27). The van der Waals surface area contributed by atoms with Gasteiger partial charge < -0.3 is 19.7 Å². The van der Waals surface area contributed by atoms with E-state index in [1.54, 1.807) is 32.4 Å². The highest BCUT2D eigenvalue weighted by Gasteiger charge is 2.22. The molecule has 3 aromatic rings. The molecule has 0 spiro atoms. The summed E-state index contributed by atoms with van der Waals surface area (Å²) in [6.07, 6.45) is 3.61. The highest BCUT2D eigenvalue weighted by atomic mass is 32.1. The van der Waals surface area contributed by atoms with Crippen molar-refractivity contribution < 1.29 is 14.3 Å². The van der Waals surface area contributed by atoms with Crippen molar-refractivity contribution in [1.29, 1.82) is 0 Å². The van der Waals surface area contributed by atoms with E-state index >= 15 is 0 Å². The zero-order valence-corrected chi connectivity index (χ0v) is 18.6. The van der Waals surface area contributed by atoms with Crippen molar-refractivity contribution in [1.82, 2.24) is 19.9 Å². The largest absolute Gasteiger partial charge is 0.497 e. The van der Waals surface area contributed by atoms with Crippen LogP contribution in [0.15, 0.2) is 29.2 Å². The third-order valence-corrected chi connectivity index (χ3v) is 6.36.